The number of nitrogens with one attached hydrogen (secondary N) is 1. The van der Waals surface area contributed by atoms with Crippen LogP contribution in [-0.4, -0.2) is 79.6 Å². The Hall–Kier alpha value is -2.28. The molecule has 1 N–H and O–H groups in total. The van der Waals surface area contributed by atoms with E-state index >= 15 is 0 Å². The molecule has 2 heterocycles. The fourth-order valence-electron chi connectivity index (χ4n) is 3.66. The monoisotopic (exact) mass is 374 g/mol. The molecule has 0 unspecified atom stereocenters. The van der Waals surface area contributed by atoms with Crippen molar-refractivity contribution in [3.63, 3.8) is 0 Å². The number of anilines is 1. The van der Waals surface area contributed by atoms with Crippen LogP contribution >= 0.6 is 0 Å². The van der Waals surface area contributed by atoms with Crippen LogP contribution in [0, 0.1) is 0 Å². The second kappa shape index (κ2) is 9.60. The summed E-state index contributed by atoms with van der Waals surface area (Å²) in [5.41, 5.74) is 0.670. The lowest BCUT2D eigenvalue weighted by atomic mass is 10.2. The average molecular weight is 374 g/mol. The van der Waals surface area contributed by atoms with Crippen molar-refractivity contribution in [3.8, 4) is 5.75 Å². The number of carbonyl (C=O) groups is 2. The second-order valence-electron chi connectivity index (χ2n) is 7.19. The van der Waals surface area contributed by atoms with Crippen LogP contribution in [0.25, 0.3) is 0 Å². The molecule has 2 aliphatic heterocycles. The highest BCUT2D eigenvalue weighted by molar-refractivity contribution is 5.91. The Bertz CT molecular complexity index is 636. The minimum atomic E-state index is -0.127. The topological polar surface area (TPSA) is 65.1 Å². The lowest BCUT2D eigenvalue weighted by molar-refractivity contribution is -0.132. The maximum absolute atomic E-state index is 12.5. The molecule has 7 heteroatoms. The molecule has 2 aliphatic rings. The van der Waals surface area contributed by atoms with Gasteiger partial charge in [0, 0.05) is 39.3 Å². The molecule has 2 saturated heterocycles. The lowest BCUT2D eigenvalue weighted by Crippen LogP contribution is -2.52. The standard InChI is InChI=1S/C20H30N4O3/c1-27-18-9-5-4-8-17(18)21-20(26)24-14-12-22(13-15-24)16-19(25)23-10-6-2-3-7-11-23/h4-5,8-9H,2-3,6-7,10-16H2,1H3,(H,21,26). The Morgan fingerprint density at radius 2 is 1.59 bits per heavy atom. The fraction of sp³-hybridized carbons (Fsp3) is 0.600. The molecule has 0 bridgehead atoms. The van der Waals surface area contributed by atoms with E-state index in [9.17, 15) is 9.59 Å². The predicted octanol–water partition coefficient (Wildman–Crippen LogP) is 2.25. The molecule has 0 atom stereocenters. The number of hydrogen-bond acceptors (Lipinski definition) is 4. The summed E-state index contributed by atoms with van der Waals surface area (Å²) < 4.78 is 5.28. The number of urea groups is 1. The zero-order valence-electron chi connectivity index (χ0n) is 16.2. The van der Waals surface area contributed by atoms with Gasteiger partial charge in [-0.15, -0.1) is 0 Å². The van der Waals surface area contributed by atoms with Gasteiger partial charge in [-0.2, -0.15) is 0 Å². The zero-order chi connectivity index (χ0) is 19.1. The van der Waals surface area contributed by atoms with Gasteiger partial charge in [0.05, 0.1) is 19.3 Å². The van der Waals surface area contributed by atoms with Crippen molar-refractivity contribution in [1.29, 1.82) is 0 Å². The molecule has 7 nitrogen and oxygen atoms in total. The molecule has 0 saturated carbocycles. The first-order valence-electron chi connectivity index (χ1n) is 9.86. The fourth-order valence-corrected chi connectivity index (χ4v) is 3.66. The number of amides is 3. The molecule has 27 heavy (non-hydrogen) atoms. The number of ether oxygens (including phenoxy) is 1. The maximum Gasteiger partial charge on any atom is 0.322 e. The molecule has 1 aromatic carbocycles. The average Bonchev–Trinajstić information content (AvgIpc) is 2.98. The molecule has 1 aromatic rings. The van der Waals surface area contributed by atoms with Gasteiger partial charge in [0.2, 0.25) is 5.91 Å². The third-order valence-electron chi connectivity index (χ3n) is 5.33. The Labute approximate surface area is 161 Å². The van der Waals surface area contributed by atoms with Gasteiger partial charge in [-0.1, -0.05) is 25.0 Å². The second-order valence-corrected chi connectivity index (χ2v) is 7.19. The van der Waals surface area contributed by atoms with Crippen molar-refractivity contribution in [2.45, 2.75) is 25.7 Å². The molecular weight excluding hydrogens is 344 g/mol. The van der Waals surface area contributed by atoms with E-state index in [1.807, 2.05) is 29.2 Å². The number of benzene rings is 1. The van der Waals surface area contributed by atoms with Gasteiger partial charge in [-0.3, -0.25) is 9.69 Å². The van der Waals surface area contributed by atoms with Gasteiger partial charge < -0.3 is 19.9 Å². The Morgan fingerprint density at radius 3 is 2.26 bits per heavy atom. The van der Waals surface area contributed by atoms with E-state index in [-0.39, 0.29) is 11.9 Å². The van der Waals surface area contributed by atoms with Gasteiger partial charge in [-0.05, 0) is 25.0 Å². The largest absolute Gasteiger partial charge is 0.495 e. The highest BCUT2D eigenvalue weighted by Crippen LogP contribution is 2.23. The van der Waals surface area contributed by atoms with E-state index in [0.717, 1.165) is 39.0 Å². The van der Waals surface area contributed by atoms with Crippen LogP contribution in [0.15, 0.2) is 24.3 Å². The highest BCUT2D eigenvalue weighted by atomic mass is 16.5. The Morgan fingerprint density at radius 1 is 0.926 bits per heavy atom. The molecule has 0 radical (unpaired) electrons. The number of hydrogen-bond donors (Lipinski definition) is 1. The summed E-state index contributed by atoms with van der Waals surface area (Å²) in [7, 11) is 1.59. The number of piperazine rings is 1. The van der Waals surface area contributed by atoms with Crippen LogP contribution in [0.3, 0.4) is 0 Å². The third kappa shape index (κ3) is 5.35. The third-order valence-corrected chi connectivity index (χ3v) is 5.33. The van der Waals surface area contributed by atoms with E-state index < -0.39 is 0 Å². The van der Waals surface area contributed by atoms with Crippen molar-refractivity contribution in [3.05, 3.63) is 24.3 Å². The number of carbonyl (C=O) groups excluding carboxylic acids is 2. The molecule has 3 rings (SSSR count). The predicted molar refractivity (Wildman–Crippen MR) is 105 cm³/mol. The van der Waals surface area contributed by atoms with Crippen molar-refractivity contribution < 1.29 is 14.3 Å². The van der Waals surface area contributed by atoms with Crippen LogP contribution < -0.4 is 10.1 Å². The molecule has 0 aliphatic carbocycles. The molecule has 0 spiro atoms. The van der Waals surface area contributed by atoms with Crippen LogP contribution in [-0.2, 0) is 4.79 Å². The summed E-state index contributed by atoms with van der Waals surface area (Å²) in [6.45, 7) is 4.92. The van der Waals surface area contributed by atoms with E-state index in [1.165, 1.54) is 12.8 Å². The molecule has 0 aromatic heterocycles. The highest BCUT2D eigenvalue weighted by Gasteiger charge is 2.25. The van der Waals surface area contributed by atoms with Crippen LogP contribution in [0.1, 0.15) is 25.7 Å². The summed E-state index contributed by atoms with van der Waals surface area (Å²) in [5, 5.41) is 2.91. The van der Waals surface area contributed by atoms with Gasteiger partial charge in [0.25, 0.3) is 0 Å². The quantitative estimate of drug-likeness (QED) is 0.878. The Kier molecular flexibility index (Phi) is 6.92. The molecular formula is C20H30N4O3. The minimum absolute atomic E-state index is 0.127. The van der Waals surface area contributed by atoms with Gasteiger partial charge in [-0.25, -0.2) is 4.79 Å². The van der Waals surface area contributed by atoms with Crippen LogP contribution in [0.5, 0.6) is 5.75 Å². The van der Waals surface area contributed by atoms with E-state index in [2.05, 4.69) is 10.2 Å². The lowest BCUT2D eigenvalue weighted by Gasteiger charge is -2.35. The van der Waals surface area contributed by atoms with Crippen molar-refractivity contribution in [1.82, 2.24) is 14.7 Å². The van der Waals surface area contributed by atoms with Gasteiger partial charge in [0.15, 0.2) is 0 Å². The SMILES string of the molecule is COc1ccccc1NC(=O)N1CCN(CC(=O)N2CCCCCC2)CC1. The van der Waals surface area contributed by atoms with E-state index in [4.69, 9.17) is 4.74 Å². The smallest absolute Gasteiger partial charge is 0.322 e. The van der Waals surface area contributed by atoms with Crippen molar-refractivity contribution in [2.75, 3.05) is 58.2 Å². The van der Waals surface area contributed by atoms with Crippen LogP contribution in [0.2, 0.25) is 0 Å². The molecule has 148 valence electrons. The first kappa shape index (κ1) is 19.5. The Balaban J connectivity index is 1.45. The molecule has 3 amide bonds. The van der Waals surface area contributed by atoms with E-state index in [1.54, 1.807) is 12.0 Å². The summed E-state index contributed by atoms with van der Waals surface area (Å²) in [4.78, 5) is 31.0. The van der Waals surface area contributed by atoms with Gasteiger partial charge >= 0.3 is 6.03 Å². The maximum atomic E-state index is 12.5. The summed E-state index contributed by atoms with van der Waals surface area (Å²) in [6.07, 6.45) is 4.68. The van der Waals surface area contributed by atoms with Gasteiger partial charge in [0.1, 0.15) is 5.75 Å². The molecule has 2 fully saturated rings. The first-order chi connectivity index (χ1) is 13.2. The normalized spacial score (nSPS) is 18.7. The number of para-hydroxylation sites is 2. The van der Waals surface area contributed by atoms with E-state index in [0.29, 0.717) is 31.1 Å². The minimum Gasteiger partial charge on any atom is -0.495 e. The number of likely N-dealkylation sites (tertiary alicyclic amines) is 1. The van der Waals surface area contributed by atoms with Crippen molar-refractivity contribution in [2.24, 2.45) is 0 Å². The summed E-state index contributed by atoms with van der Waals surface area (Å²) in [5.74, 6) is 0.872. The zero-order valence-corrected chi connectivity index (χ0v) is 16.2. The summed E-state index contributed by atoms with van der Waals surface area (Å²) in [6, 6.07) is 7.26. The summed E-state index contributed by atoms with van der Waals surface area (Å²) >= 11 is 0. The van der Waals surface area contributed by atoms with Crippen LogP contribution in [0.4, 0.5) is 10.5 Å². The van der Waals surface area contributed by atoms with Crippen molar-refractivity contribution >= 4 is 17.6 Å². The number of nitrogens with zero attached hydrogens (tertiary/aromatic N) is 3. The number of rotatable bonds is 4. The number of methoxy groups -OCH3 is 1. The first-order valence-corrected chi connectivity index (χ1v) is 9.86.